The van der Waals surface area contributed by atoms with Gasteiger partial charge < -0.3 is 24.0 Å². The van der Waals surface area contributed by atoms with Crippen molar-refractivity contribution < 1.29 is 47.1 Å². The third-order valence-corrected chi connectivity index (χ3v) is 5.96. The Hall–Kier alpha value is -2.14. The standard InChI is InChI=1S/C17H22F2NO9P/c1-9-10(2)16(28-13-6-4-12(5-7-13)20(22)23)29-14(15(9)27-11(3)21)8-17(18,19)30(24,25)26/h4-7,9-10,14-16H,8H2,1-3H3,(H2,24,25,26)/t9-,10+,14-,15+,16+/m1/s1. The van der Waals surface area contributed by atoms with Crippen LogP contribution >= 0.6 is 7.60 Å². The lowest BCUT2D eigenvalue weighted by atomic mass is 9.83. The van der Waals surface area contributed by atoms with Crippen LogP contribution in [0.15, 0.2) is 24.3 Å². The maximum atomic E-state index is 14.0. The van der Waals surface area contributed by atoms with Crippen LogP contribution in [0.3, 0.4) is 0 Å². The van der Waals surface area contributed by atoms with Gasteiger partial charge in [-0.05, 0) is 12.1 Å². The second kappa shape index (κ2) is 8.93. The van der Waals surface area contributed by atoms with E-state index in [1.54, 1.807) is 13.8 Å². The molecule has 1 aliphatic heterocycles. The molecular formula is C17H22F2NO9P. The first-order valence-corrected chi connectivity index (χ1v) is 10.5. The quantitative estimate of drug-likeness (QED) is 0.275. The number of hydrogen-bond acceptors (Lipinski definition) is 7. The van der Waals surface area contributed by atoms with Crippen molar-refractivity contribution in [3.8, 4) is 5.75 Å². The van der Waals surface area contributed by atoms with Crippen LogP contribution < -0.4 is 4.74 Å². The van der Waals surface area contributed by atoms with Gasteiger partial charge in [0.2, 0.25) is 6.29 Å². The summed E-state index contributed by atoms with van der Waals surface area (Å²) in [5.41, 5.74) is -4.59. The first-order valence-electron chi connectivity index (χ1n) is 8.90. The van der Waals surface area contributed by atoms with Crippen LogP contribution in [0.2, 0.25) is 0 Å². The lowest BCUT2D eigenvalue weighted by Gasteiger charge is -2.44. The molecule has 1 fully saturated rings. The number of carbonyl (C=O) groups excluding carboxylic acids is 1. The predicted octanol–water partition coefficient (Wildman–Crippen LogP) is 3.06. The molecule has 1 aromatic rings. The molecule has 13 heteroatoms. The SMILES string of the molecule is CC(=O)O[C@H]1[C@H](C)[C@H](C)[C@@H](Oc2ccc([N+](=O)[O-])cc2)O[C@@H]1CC(F)(F)P(=O)(O)O. The number of halogens is 2. The smallest absolute Gasteiger partial charge is 0.394 e. The second-order valence-electron chi connectivity index (χ2n) is 7.12. The van der Waals surface area contributed by atoms with Gasteiger partial charge in [0.1, 0.15) is 18.0 Å². The number of benzene rings is 1. The molecule has 0 aromatic heterocycles. The summed E-state index contributed by atoms with van der Waals surface area (Å²) >= 11 is 0. The van der Waals surface area contributed by atoms with E-state index in [0.717, 1.165) is 6.92 Å². The largest absolute Gasteiger partial charge is 0.465 e. The predicted molar refractivity (Wildman–Crippen MR) is 97.9 cm³/mol. The van der Waals surface area contributed by atoms with Crippen molar-refractivity contribution in [3.63, 3.8) is 0 Å². The molecule has 5 atom stereocenters. The summed E-state index contributed by atoms with van der Waals surface area (Å²) in [5.74, 6) is -1.65. The number of alkyl halides is 2. The molecule has 0 spiro atoms. The first kappa shape index (κ1) is 24.1. The van der Waals surface area contributed by atoms with E-state index in [0.29, 0.717) is 0 Å². The zero-order valence-electron chi connectivity index (χ0n) is 16.3. The van der Waals surface area contributed by atoms with Crippen molar-refractivity contribution in [3.05, 3.63) is 34.4 Å². The minimum atomic E-state index is -5.79. The molecule has 1 aliphatic rings. The number of carbonyl (C=O) groups is 1. The van der Waals surface area contributed by atoms with Gasteiger partial charge in [-0.25, -0.2) is 0 Å². The summed E-state index contributed by atoms with van der Waals surface area (Å²) in [7, 11) is -5.79. The van der Waals surface area contributed by atoms with Gasteiger partial charge in [-0.3, -0.25) is 19.5 Å². The van der Waals surface area contributed by atoms with Gasteiger partial charge in [-0.2, -0.15) is 8.78 Å². The Kier molecular flexibility index (Phi) is 7.18. The fraction of sp³-hybridized carbons (Fsp3) is 0.588. The zero-order valence-corrected chi connectivity index (χ0v) is 17.2. The molecule has 0 bridgehead atoms. The van der Waals surface area contributed by atoms with E-state index in [1.165, 1.54) is 24.3 Å². The zero-order chi connectivity index (χ0) is 22.9. The Balaban J connectivity index is 2.27. The Morgan fingerprint density at radius 2 is 1.83 bits per heavy atom. The highest BCUT2D eigenvalue weighted by atomic mass is 31.2. The Bertz CT molecular complexity index is 829. The number of nitro benzene ring substituents is 1. The van der Waals surface area contributed by atoms with Crippen LogP contribution in [0.1, 0.15) is 27.2 Å². The third-order valence-electron chi connectivity index (χ3n) is 4.93. The fourth-order valence-corrected chi connectivity index (χ4v) is 3.49. The van der Waals surface area contributed by atoms with Crippen LogP contribution in [-0.2, 0) is 18.8 Å². The van der Waals surface area contributed by atoms with Crippen molar-refractivity contribution in [1.82, 2.24) is 0 Å². The molecule has 168 valence electrons. The van der Waals surface area contributed by atoms with Crippen molar-refractivity contribution in [2.75, 3.05) is 0 Å². The van der Waals surface area contributed by atoms with Crippen molar-refractivity contribution in [1.29, 1.82) is 0 Å². The summed E-state index contributed by atoms with van der Waals surface area (Å²) in [4.78, 5) is 39.5. The molecule has 0 aliphatic carbocycles. The van der Waals surface area contributed by atoms with Crippen molar-refractivity contribution >= 4 is 19.3 Å². The monoisotopic (exact) mass is 453 g/mol. The molecule has 10 nitrogen and oxygen atoms in total. The Morgan fingerprint density at radius 3 is 2.30 bits per heavy atom. The lowest BCUT2D eigenvalue weighted by Crippen LogP contribution is -2.54. The highest BCUT2D eigenvalue weighted by Gasteiger charge is 2.55. The van der Waals surface area contributed by atoms with Gasteiger partial charge in [0.15, 0.2) is 0 Å². The van der Waals surface area contributed by atoms with Crippen molar-refractivity contribution in [2.24, 2.45) is 11.8 Å². The van der Waals surface area contributed by atoms with Gasteiger partial charge in [0.25, 0.3) is 5.69 Å². The summed E-state index contributed by atoms with van der Waals surface area (Å²) in [6.07, 6.45) is -5.28. The first-order chi connectivity index (χ1) is 13.7. The van der Waals surface area contributed by atoms with Crippen LogP contribution in [-0.4, -0.2) is 44.8 Å². The minimum Gasteiger partial charge on any atom is -0.465 e. The number of esters is 1. The third kappa shape index (κ3) is 5.51. The summed E-state index contributed by atoms with van der Waals surface area (Å²) in [6, 6.07) is 4.98. The van der Waals surface area contributed by atoms with E-state index < -0.39 is 60.9 Å². The van der Waals surface area contributed by atoms with E-state index >= 15 is 0 Å². The van der Waals surface area contributed by atoms with Crippen LogP contribution in [0.4, 0.5) is 14.5 Å². The van der Waals surface area contributed by atoms with Gasteiger partial charge in [0, 0.05) is 30.9 Å². The van der Waals surface area contributed by atoms with E-state index in [9.17, 15) is 28.3 Å². The van der Waals surface area contributed by atoms with Crippen LogP contribution in [0, 0.1) is 22.0 Å². The van der Waals surface area contributed by atoms with Gasteiger partial charge in [-0.15, -0.1) is 0 Å². The molecule has 1 saturated heterocycles. The summed E-state index contributed by atoms with van der Waals surface area (Å²) in [6.45, 7) is 4.35. The molecule has 2 N–H and O–H groups in total. The van der Waals surface area contributed by atoms with Crippen LogP contribution in [0.25, 0.3) is 0 Å². The maximum Gasteiger partial charge on any atom is 0.394 e. The lowest BCUT2D eigenvalue weighted by molar-refractivity contribution is -0.384. The number of nitrogens with zero attached hydrogens (tertiary/aromatic N) is 1. The molecular weight excluding hydrogens is 431 g/mol. The normalized spacial score (nSPS) is 27.4. The Labute approximate surface area is 170 Å². The molecule has 0 radical (unpaired) electrons. The molecule has 0 amide bonds. The number of ether oxygens (including phenoxy) is 3. The van der Waals surface area contributed by atoms with Gasteiger partial charge in [-0.1, -0.05) is 13.8 Å². The number of rotatable bonds is 7. The molecule has 1 aromatic carbocycles. The van der Waals surface area contributed by atoms with Gasteiger partial charge in [0.05, 0.1) is 11.3 Å². The summed E-state index contributed by atoms with van der Waals surface area (Å²) in [5, 5.41) is 10.7. The second-order valence-corrected chi connectivity index (χ2v) is 8.86. The minimum absolute atomic E-state index is 0.163. The Morgan fingerprint density at radius 1 is 1.27 bits per heavy atom. The van der Waals surface area contributed by atoms with Crippen LogP contribution in [0.5, 0.6) is 5.75 Å². The van der Waals surface area contributed by atoms with E-state index in [-0.39, 0.29) is 11.4 Å². The van der Waals surface area contributed by atoms with Gasteiger partial charge >= 0.3 is 19.2 Å². The van der Waals surface area contributed by atoms with Crippen molar-refractivity contribution in [2.45, 2.75) is 51.4 Å². The fourth-order valence-electron chi connectivity index (χ4n) is 3.08. The summed E-state index contributed by atoms with van der Waals surface area (Å²) < 4.78 is 55.5. The average Bonchev–Trinajstić information content (AvgIpc) is 2.61. The molecule has 0 saturated carbocycles. The molecule has 1 heterocycles. The topological polar surface area (TPSA) is 145 Å². The number of non-ortho nitro benzene ring substituents is 1. The molecule has 2 rings (SSSR count). The average molecular weight is 453 g/mol. The van der Waals surface area contributed by atoms with E-state index in [2.05, 4.69) is 0 Å². The highest BCUT2D eigenvalue weighted by Crippen LogP contribution is 2.56. The number of nitro groups is 1. The highest BCUT2D eigenvalue weighted by molar-refractivity contribution is 7.53. The molecule has 0 unspecified atom stereocenters. The van der Waals surface area contributed by atoms with E-state index in [1.807, 2.05) is 0 Å². The number of hydrogen-bond donors (Lipinski definition) is 2. The maximum absolute atomic E-state index is 14.0. The molecule has 30 heavy (non-hydrogen) atoms. The van der Waals surface area contributed by atoms with E-state index in [4.69, 9.17) is 24.0 Å².